The summed E-state index contributed by atoms with van der Waals surface area (Å²) in [5, 5.41) is 1.49. The molecule has 14 heavy (non-hydrogen) atoms. The van der Waals surface area contributed by atoms with Crippen LogP contribution in [0.5, 0.6) is 0 Å². The predicted octanol–water partition coefficient (Wildman–Crippen LogP) is 4.74. The Morgan fingerprint density at radius 1 is 1.29 bits per heavy atom. The van der Waals surface area contributed by atoms with Crippen LogP contribution >= 0.6 is 27.3 Å². The molecule has 0 saturated carbocycles. The summed E-state index contributed by atoms with van der Waals surface area (Å²) < 4.78 is 39.0. The lowest BCUT2D eigenvalue weighted by Gasteiger charge is -2.02. The SMILES string of the molecule is Fc1csc2c(C(F)F)cc(Br)cc12. The molecular formula is C9H4BrF3S. The Bertz CT molecular complexity index is 478. The van der Waals surface area contributed by atoms with Crippen molar-refractivity contribution in [2.75, 3.05) is 0 Å². The summed E-state index contributed by atoms with van der Waals surface area (Å²) in [5.74, 6) is -0.451. The second-order valence-electron chi connectivity index (χ2n) is 2.76. The predicted molar refractivity (Wildman–Crippen MR) is 54.4 cm³/mol. The first kappa shape index (κ1) is 9.98. The Labute approximate surface area is 90.5 Å². The van der Waals surface area contributed by atoms with Crippen molar-refractivity contribution in [3.05, 3.63) is 33.4 Å². The molecule has 0 saturated heterocycles. The van der Waals surface area contributed by atoms with Gasteiger partial charge >= 0.3 is 0 Å². The van der Waals surface area contributed by atoms with Crippen molar-refractivity contribution in [3.63, 3.8) is 0 Å². The van der Waals surface area contributed by atoms with Gasteiger partial charge in [0.05, 0.1) is 0 Å². The van der Waals surface area contributed by atoms with E-state index in [1.54, 1.807) is 0 Å². The van der Waals surface area contributed by atoms with E-state index < -0.39 is 12.2 Å². The monoisotopic (exact) mass is 280 g/mol. The molecule has 1 heterocycles. The molecule has 0 aliphatic rings. The summed E-state index contributed by atoms with van der Waals surface area (Å²) in [5.41, 5.74) is -0.122. The molecule has 1 aromatic carbocycles. The van der Waals surface area contributed by atoms with Gasteiger partial charge in [-0.15, -0.1) is 11.3 Å². The van der Waals surface area contributed by atoms with E-state index in [1.807, 2.05) is 0 Å². The van der Waals surface area contributed by atoms with E-state index in [1.165, 1.54) is 17.5 Å². The van der Waals surface area contributed by atoms with Crippen LogP contribution in [-0.2, 0) is 0 Å². The fourth-order valence-electron chi connectivity index (χ4n) is 1.26. The molecule has 0 radical (unpaired) electrons. The minimum absolute atomic E-state index is 0.122. The van der Waals surface area contributed by atoms with Gasteiger partial charge in [0.2, 0.25) is 0 Å². The van der Waals surface area contributed by atoms with Gasteiger partial charge < -0.3 is 0 Å². The average Bonchev–Trinajstić information content (AvgIpc) is 2.47. The van der Waals surface area contributed by atoms with E-state index in [4.69, 9.17) is 0 Å². The molecule has 2 rings (SSSR count). The van der Waals surface area contributed by atoms with Gasteiger partial charge in [-0.05, 0) is 12.1 Å². The van der Waals surface area contributed by atoms with Gasteiger partial charge in [0.25, 0.3) is 6.43 Å². The number of fused-ring (bicyclic) bond motifs is 1. The third-order valence-corrected chi connectivity index (χ3v) is 3.33. The van der Waals surface area contributed by atoms with Crippen LogP contribution in [0.1, 0.15) is 12.0 Å². The number of hydrogen-bond donors (Lipinski definition) is 0. The summed E-state index contributed by atoms with van der Waals surface area (Å²) in [7, 11) is 0. The maximum atomic E-state index is 13.1. The van der Waals surface area contributed by atoms with Gasteiger partial charge in [-0.25, -0.2) is 13.2 Å². The van der Waals surface area contributed by atoms with E-state index in [2.05, 4.69) is 15.9 Å². The molecule has 74 valence electrons. The first-order valence-corrected chi connectivity index (χ1v) is 5.41. The summed E-state index contributed by atoms with van der Waals surface area (Å²) in [6.07, 6.45) is -2.58. The molecule has 0 amide bonds. The van der Waals surface area contributed by atoms with Crippen molar-refractivity contribution in [2.24, 2.45) is 0 Å². The van der Waals surface area contributed by atoms with Crippen LogP contribution < -0.4 is 0 Å². The molecule has 0 N–H and O–H groups in total. The molecule has 2 aromatic rings. The van der Waals surface area contributed by atoms with E-state index in [-0.39, 0.29) is 10.9 Å². The third-order valence-electron chi connectivity index (χ3n) is 1.86. The summed E-state index contributed by atoms with van der Waals surface area (Å²) in [4.78, 5) is 0. The Kier molecular flexibility index (Phi) is 2.53. The molecule has 0 unspecified atom stereocenters. The van der Waals surface area contributed by atoms with Gasteiger partial charge in [0, 0.05) is 25.5 Å². The topological polar surface area (TPSA) is 0 Å². The fourth-order valence-corrected chi connectivity index (χ4v) is 2.65. The van der Waals surface area contributed by atoms with Gasteiger partial charge in [-0.2, -0.15) is 0 Å². The van der Waals surface area contributed by atoms with Crippen molar-refractivity contribution in [2.45, 2.75) is 6.43 Å². The second kappa shape index (κ2) is 3.55. The van der Waals surface area contributed by atoms with Crippen LogP contribution in [0.25, 0.3) is 10.1 Å². The zero-order valence-electron chi connectivity index (χ0n) is 6.73. The smallest absolute Gasteiger partial charge is 0.205 e. The van der Waals surface area contributed by atoms with E-state index in [0.717, 1.165) is 11.3 Å². The minimum Gasteiger partial charge on any atom is -0.205 e. The first-order chi connectivity index (χ1) is 6.59. The van der Waals surface area contributed by atoms with Crippen molar-refractivity contribution in [1.29, 1.82) is 0 Å². The third kappa shape index (κ3) is 1.54. The largest absolute Gasteiger partial charge is 0.265 e. The standard InChI is InChI=1S/C9H4BrF3S/c10-4-1-5-7(11)3-14-8(5)6(2-4)9(12)13/h1-3,9H. The summed E-state index contributed by atoms with van der Waals surface area (Å²) in [6, 6.07) is 2.83. The number of thiophene rings is 1. The van der Waals surface area contributed by atoms with Gasteiger partial charge in [-0.3, -0.25) is 0 Å². The summed E-state index contributed by atoms with van der Waals surface area (Å²) in [6.45, 7) is 0. The minimum atomic E-state index is -2.58. The van der Waals surface area contributed by atoms with Crippen LogP contribution in [0.2, 0.25) is 0 Å². The molecule has 0 spiro atoms. The molecule has 0 bridgehead atoms. The fraction of sp³-hybridized carbons (Fsp3) is 0.111. The summed E-state index contributed by atoms with van der Waals surface area (Å²) >= 11 is 4.08. The maximum Gasteiger partial charge on any atom is 0.265 e. The Morgan fingerprint density at radius 2 is 2.00 bits per heavy atom. The quantitative estimate of drug-likeness (QED) is 0.708. The number of benzene rings is 1. The van der Waals surface area contributed by atoms with Crippen LogP contribution in [0, 0.1) is 5.82 Å². The van der Waals surface area contributed by atoms with Crippen molar-refractivity contribution >= 4 is 37.4 Å². The van der Waals surface area contributed by atoms with Crippen molar-refractivity contribution in [3.8, 4) is 0 Å². The molecule has 5 heteroatoms. The number of halogens is 4. The highest BCUT2D eigenvalue weighted by molar-refractivity contribution is 9.10. The second-order valence-corrected chi connectivity index (χ2v) is 4.55. The zero-order chi connectivity index (χ0) is 10.3. The lowest BCUT2D eigenvalue weighted by atomic mass is 10.2. The molecule has 0 aliphatic heterocycles. The van der Waals surface area contributed by atoms with E-state index in [0.29, 0.717) is 9.17 Å². The Balaban J connectivity index is 2.82. The van der Waals surface area contributed by atoms with Gasteiger partial charge in [-0.1, -0.05) is 15.9 Å². The highest BCUT2D eigenvalue weighted by atomic mass is 79.9. The normalized spacial score (nSPS) is 11.5. The number of alkyl halides is 2. The van der Waals surface area contributed by atoms with Crippen molar-refractivity contribution < 1.29 is 13.2 Å². The lowest BCUT2D eigenvalue weighted by molar-refractivity contribution is 0.153. The van der Waals surface area contributed by atoms with Crippen LogP contribution in [0.3, 0.4) is 0 Å². The first-order valence-electron chi connectivity index (χ1n) is 3.74. The van der Waals surface area contributed by atoms with E-state index in [9.17, 15) is 13.2 Å². The zero-order valence-corrected chi connectivity index (χ0v) is 9.13. The van der Waals surface area contributed by atoms with Gasteiger partial charge in [0.1, 0.15) is 5.82 Å². The average molecular weight is 281 g/mol. The van der Waals surface area contributed by atoms with E-state index >= 15 is 0 Å². The highest BCUT2D eigenvalue weighted by Gasteiger charge is 2.16. The highest BCUT2D eigenvalue weighted by Crippen LogP contribution is 2.36. The lowest BCUT2D eigenvalue weighted by Crippen LogP contribution is -1.84. The Morgan fingerprint density at radius 3 is 2.64 bits per heavy atom. The number of hydrogen-bond acceptors (Lipinski definition) is 1. The molecule has 1 aromatic heterocycles. The molecule has 0 aliphatic carbocycles. The molecule has 0 nitrogen and oxygen atoms in total. The number of rotatable bonds is 1. The van der Waals surface area contributed by atoms with Crippen molar-refractivity contribution in [1.82, 2.24) is 0 Å². The Hall–Kier alpha value is -0.550. The van der Waals surface area contributed by atoms with Crippen LogP contribution in [0.15, 0.2) is 22.0 Å². The molecule has 0 fully saturated rings. The van der Waals surface area contributed by atoms with Crippen LogP contribution in [0.4, 0.5) is 13.2 Å². The molecular weight excluding hydrogens is 277 g/mol. The maximum absolute atomic E-state index is 13.1. The molecule has 0 atom stereocenters. The van der Waals surface area contributed by atoms with Crippen LogP contribution in [-0.4, -0.2) is 0 Å². The van der Waals surface area contributed by atoms with Gasteiger partial charge in [0.15, 0.2) is 0 Å².